The summed E-state index contributed by atoms with van der Waals surface area (Å²) in [5, 5.41) is 10.4. The van der Waals surface area contributed by atoms with Crippen LogP contribution < -0.4 is 9.62 Å². The second kappa shape index (κ2) is 9.82. The molecule has 1 amide bonds. The van der Waals surface area contributed by atoms with Gasteiger partial charge in [-0.2, -0.15) is 12.7 Å². The molecule has 0 saturated heterocycles. The lowest BCUT2D eigenvalue weighted by Gasteiger charge is -2.26. The number of amides is 1. The van der Waals surface area contributed by atoms with Gasteiger partial charge in [-0.05, 0) is 12.1 Å². The molecule has 1 aromatic heterocycles. The number of esters is 1. The van der Waals surface area contributed by atoms with Crippen molar-refractivity contribution >= 4 is 56.0 Å². The van der Waals surface area contributed by atoms with Crippen molar-refractivity contribution < 1.29 is 22.7 Å². The Kier molecular flexibility index (Phi) is 7.74. The van der Waals surface area contributed by atoms with E-state index in [1.807, 2.05) is 0 Å². The highest BCUT2D eigenvalue weighted by atomic mass is 32.2. The normalized spacial score (nSPS) is 11.3. The average molecular weight is 446 g/mol. The van der Waals surface area contributed by atoms with E-state index in [0.29, 0.717) is 10.0 Å². The minimum absolute atomic E-state index is 0.0714. The molecule has 10 nitrogen and oxygen atoms in total. The fourth-order valence-electron chi connectivity index (χ4n) is 1.88. The van der Waals surface area contributed by atoms with E-state index in [0.717, 1.165) is 31.7 Å². The van der Waals surface area contributed by atoms with Gasteiger partial charge in [0.05, 0.1) is 18.6 Å². The molecule has 0 spiro atoms. The third-order valence-electron chi connectivity index (χ3n) is 3.27. The fourth-order valence-corrected chi connectivity index (χ4v) is 4.55. The number of ether oxygens (including phenoxy) is 1. The molecule has 0 aliphatic heterocycles. The number of rotatable bonds is 9. The molecule has 0 saturated carbocycles. The minimum Gasteiger partial charge on any atom is -0.468 e. The molecule has 1 aromatic carbocycles. The standard InChI is InChI=1S/C15H19N5O5S3/c1-19(2)28(23,24)20(11-7-5-4-6-8-11)9-12(21)16-14-17-18-15(27-14)26-10-13(22)25-3/h4-8H,9-10H2,1-3H3,(H,16,17,21). The average Bonchev–Trinajstić information content (AvgIpc) is 3.11. The topological polar surface area (TPSA) is 122 Å². The molecule has 28 heavy (non-hydrogen) atoms. The van der Waals surface area contributed by atoms with Gasteiger partial charge in [-0.15, -0.1) is 10.2 Å². The summed E-state index contributed by atoms with van der Waals surface area (Å²) in [7, 11) is 0.184. The Hall–Kier alpha value is -2.22. The maximum Gasteiger partial charge on any atom is 0.316 e. The maximum absolute atomic E-state index is 12.6. The molecule has 152 valence electrons. The number of anilines is 2. The molecule has 0 unspecified atom stereocenters. The SMILES string of the molecule is COC(=O)CSc1nnc(NC(=O)CN(c2ccccc2)S(=O)(=O)N(C)C)s1. The van der Waals surface area contributed by atoms with Crippen molar-refractivity contribution in [2.75, 3.05) is 43.1 Å². The van der Waals surface area contributed by atoms with Crippen LogP contribution in [0.25, 0.3) is 0 Å². The second-order valence-corrected chi connectivity index (χ2v) is 9.69. The van der Waals surface area contributed by atoms with Crippen LogP contribution in [-0.4, -0.2) is 68.3 Å². The van der Waals surface area contributed by atoms with E-state index in [4.69, 9.17) is 0 Å². The van der Waals surface area contributed by atoms with Crippen LogP contribution in [-0.2, 0) is 24.5 Å². The monoisotopic (exact) mass is 445 g/mol. The predicted molar refractivity (Wildman–Crippen MR) is 108 cm³/mol. The van der Waals surface area contributed by atoms with Gasteiger partial charge in [0.2, 0.25) is 11.0 Å². The highest BCUT2D eigenvalue weighted by Crippen LogP contribution is 2.26. The first-order chi connectivity index (χ1) is 13.2. The van der Waals surface area contributed by atoms with Crippen LogP contribution in [0.3, 0.4) is 0 Å². The molecular formula is C15H19N5O5S3. The quantitative estimate of drug-likeness (QED) is 0.345. The number of carbonyl (C=O) groups is 2. The first-order valence-electron chi connectivity index (χ1n) is 7.82. The zero-order chi connectivity index (χ0) is 20.7. The van der Waals surface area contributed by atoms with E-state index < -0.39 is 28.6 Å². The summed E-state index contributed by atoms with van der Waals surface area (Å²) in [5.74, 6) is -0.907. The van der Waals surface area contributed by atoms with Gasteiger partial charge >= 0.3 is 16.2 Å². The van der Waals surface area contributed by atoms with Crippen LogP contribution in [0.4, 0.5) is 10.8 Å². The maximum atomic E-state index is 12.6. The number of hydrogen-bond donors (Lipinski definition) is 1. The smallest absolute Gasteiger partial charge is 0.316 e. The number of thioether (sulfide) groups is 1. The first kappa shape index (κ1) is 22.1. The van der Waals surface area contributed by atoms with Crippen LogP contribution in [0.15, 0.2) is 34.7 Å². The van der Waals surface area contributed by atoms with Crippen LogP contribution in [0.5, 0.6) is 0 Å². The van der Waals surface area contributed by atoms with E-state index in [9.17, 15) is 18.0 Å². The largest absolute Gasteiger partial charge is 0.468 e. The minimum atomic E-state index is -3.88. The number of nitrogens with zero attached hydrogens (tertiary/aromatic N) is 4. The molecule has 2 aromatic rings. The van der Waals surface area contributed by atoms with Crippen molar-refractivity contribution in [3.63, 3.8) is 0 Å². The lowest BCUT2D eigenvalue weighted by atomic mass is 10.3. The Balaban J connectivity index is 2.08. The molecule has 0 bridgehead atoms. The third-order valence-corrected chi connectivity index (χ3v) is 7.03. The summed E-state index contributed by atoms with van der Waals surface area (Å²) in [6, 6.07) is 8.31. The van der Waals surface area contributed by atoms with Crippen molar-refractivity contribution in [1.29, 1.82) is 0 Å². The Morgan fingerprint density at radius 3 is 2.50 bits per heavy atom. The highest BCUT2D eigenvalue weighted by Gasteiger charge is 2.27. The summed E-state index contributed by atoms with van der Waals surface area (Å²) in [6.45, 7) is -0.436. The van der Waals surface area contributed by atoms with Crippen LogP contribution >= 0.6 is 23.1 Å². The lowest BCUT2D eigenvalue weighted by molar-refractivity contribution is -0.137. The molecule has 0 fully saturated rings. The summed E-state index contributed by atoms with van der Waals surface area (Å²) in [5.41, 5.74) is 0.359. The number of nitrogens with one attached hydrogen (secondary N) is 1. The molecule has 1 N–H and O–H groups in total. The van der Waals surface area contributed by atoms with Gasteiger partial charge in [-0.1, -0.05) is 41.3 Å². The van der Waals surface area contributed by atoms with Gasteiger partial charge in [0.25, 0.3) is 0 Å². The van der Waals surface area contributed by atoms with Crippen molar-refractivity contribution in [3.05, 3.63) is 30.3 Å². The Labute approximate surface area is 171 Å². The van der Waals surface area contributed by atoms with Gasteiger partial charge in [-0.3, -0.25) is 14.9 Å². The number of benzene rings is 1. The van der Waals surface area contributed by atoms with Crippen LogP contribution in [0.2, 0.25) is 0 Å². The molecule has 1 heterocycles. The lowest BCUT2D eigenvalue weighted by Crippen LogP contribution is -2.44. The summed E-state index contributed by atoms with van der Waals surface area (Å²) < 4.78 is 32.2. The van der Waals surface area contributed by atoms with Gasteiger partial charge < -0.3 is 4.74 Å². The van der Waals surface area contributed by atoms with Crippen molar-refractivity contribution in [1.82, 2.24) is 14.5 Å². The molecule has 0 radical (unpaired) electrons. The number of aromatic nitrogens is 2. The number of para-hydroxylation sites is 1. The highest BCUT2D eigenvalue weighted by molar-refractivity contribution is 8.01. The second-order valence-electron chi connectivity index (χ2n) is 5.42. The fraction of sp³-hybridized carbons (Fsp3) is 0.333. The van der Waals surface area contributed by atoms with Crippen LogP contribution in [0.1, 0.15) is 0 Å². The van der Waals surface area contributed by atoms with Gasteiger partial charge in [0.1, 0.15) is 6.54 Å². The first-order valence-corrected chi connectivity index (χ1v) is 11.0. The summed E-state index contributed by atoms with van der Waals surface area (Å²) in [6.07, 6.45) is 0. The van der Waals surface area contributed by atoms with Crippen molar-refractivity contribution in [2.24, 2.45) is 0 Å². The Morgan fingerprint density at radius 2 is 1.89 bits per heavy atom. The van der Waals surface area contributed by atoms with Crippen molar-refractivity contribution in [3.8, 4) is 0 Å². The Morgan fingerprint density at radius 1 is 1.21 bits per heavy atom. The molecule has 0 atom stereocenters. The number of hydrogen-bond acceptors (Lipinski definition) is 9. The zero-order valence-electron chi connectivity index (χ0n) is 15.4. The summed E-state index contributed by atoms with van der Waals surface area (Å²) >= 11 is 2.20. The number of methoxy groups -OCH3 is 1. The molecule has 13 heteroatoms. The van der Waals surface area contributed by atoms with E-state index in [1.54, 1.807) is 30.3 Å². The van der Waals surface area contributed by atoms with Crippen molar-refractivity contribution in [2.45, 2.75) is 4.34 Å². The van der Waals surface area contributed by atoms with Gasteiger partial charge in [0, 0.05) is 14.1 Å². The molecular weight excluding hydrogens is 426 g/mol. The molecule has 0 aliphatic rings. The van der Waals surface area contributed by atoms with E-state index in [1.165, 1.54) is 21.2 Å². The summed E-state index contributed by atoms with van der Waals surface area (Å²) in [4.78, 5) is 23.6. The Bertz CT molecular complexity index is 917. The third kappa shape index (κ3) is 5.89. The van der Waals surface area contributed by atoms with Gasteiger partial charge in [-0.25, -0.2) is 4.31 Å². The van der Waals surface area contributed by atoms with Gasteiger partial charge in [0.15, 0.2) is 4.34 Å². The van der Waals surface area contributed by atoms with E-state index >= 15 is 0 Å². The van der Waals surface area contributed by atoms with Crippen LogP contribution in [0, 0.1) is 0 Å². The van der Waals surface area contributed by atoms with E-state index in [2.05, 4.69) is 20.3 Å². The molecule has 2 rings (SSSR count). The number of carbonyl (C=O) groups excluding carboxylic acids is 2. The molecule has 0 aliphatic carbocycles. The zero-order valence-corrected chi connectivity index (χ0v) is 17.8. The predicted octanol–water partition coefficient (Wildman–Crippen LogP) is 1.05. The van der Waals surface area contributed by atoms with E-state index in [-0.39, 0.29) is 10.9 Å².